The van der Waals surface area contributed by atoms with Gasteiger partial charge in [-0.25, -0.2) is 0 Å². The van der Waals surface area contributed by atoms with E-state index in [1.165, 1.54) is 6.42 Å². The Bertz CT molecular complexity index is 196. The smallest absolute Gasteiger partial charge is 0.358 e. The molecule has 0 bridgehead atoms. The van der Waals surface area contributed by atoms with Crippen molar-refractivity contribution in [2.75, 3.05) is 11.5 Å². The van der Waals surface area contributed by atoms with E-state index in [4.69, 9.17) is 10.2 Å². The number of hydrogen-bond donors (Lipinski definition) is 2. The zero-order valence-corrected chi connectivity index (χ0v) is 10.9. The van der Waals surface area contributed by atoms with Gasteiger partial charge in [-0.1, -0.05) is 39.0 Å². The Labute approximate surface area is 105 Å². The van der Waals surface area contributed by atoms with Crippen LogP contribution in [0.2, 0.25) is 0 Å². The zero-order valence-electron chi connectivity index (χ0n) is 10.1. The van der Waals surface area contributed by atoms with Crippen LogP contribution >= 0.6 is 11.8 Å². The van der Waals surface area contributed by atoms with Crippen LogP contribution < -0.4 is 0 Å². The molecule has 17 heavy (non-hydrogen) atoms. The summed E-state index contributed by atoms with van der Waals surface area (Å²) in [5.74, 6) is -3.74. The molecular formula is C11H21F3O2S. The largest absolute Gasteiger partial charge is 0.443 e. The lowest BCUT2D eigenvalue weighted by Crippen LogP contribution is -2.47. The van der Waals surface area contributed by atoms with Crippen molar-refractivity contribution in [1.82, 2.24) is 0 Å². The van der Waals surface area contributed by atoms with Crippen molar-refractivity contribution < 1.29 is 23.4 Å². The van der Waals surface area contributed by atoms with Crippen LogP contribution in [0.1, 0.15) is 45.4 Å². The van der Waals surface area contributed by atoms with Crippen LogP contribution in [-0.4, -0.2) is 33.7 Å². The molecule has 0 rings (SSSR count). The molecule has 104 valence electrons. The van der Waals surface area contributed by atoms with Gasteiger partial charge in [0.25, 0.3) is 5.79 Å². The molecule has 0 aliphatic carbocycles. The van der Waals surface area contributed by atoms with Gasteiger partial charge in [-0.3, -0.25) is 0 Å². The van der Waals surface area contributed by atoms with Gasteiger partial charge in [0.2, 0.25) is 0 Å². The van der Waals surface area contributed by atoms with E-state index in [1.807, 2.05) is 0 Å². The maximum atomic E-state index is 12.0. The van der Waals surface area contributed by atoms with Crippen molar-refractivity contribution in [2.45, 2.75) is 57.4 Å². The molecule has 0 spiro atoms. The lowest BCUT2D eigenvalue weighted by molar-refractivity contribution is -0.336. The lowest BCUT2D eigenvalue weighted by Gasteiger charge is -2.23. The van der Waals surface area contributed by atoms with E-state index >= 15 is 0 Å². The van der Waals surface area contributed by atoms with Crippen molar-refractivity contribution in [1.29, 1.82) is 0 Å². The van der Waals surface area contributed by atoms with Gasteiger partial charge in [-0.15, -0.1) is 0 Å². The summed E-state index contributed by atoms with van der Waals surface area (Å²) in [6.45, 7) is 2.12. The normalized spacial score (nSPS) is 13.1. The Morgan fingerprint density at radius 2 is 1.47 bits per heavy atom. The van der Waals surface area contributed by atoms with Gasteiger partial charge < -0.3 is 10.2 Å². The van der Waals surface area contributed by atoms with Crippen LogP contribution in [0.15, 0.2) is 0 Å². The van der Waals surface area contributed by atoms with Crippen LogP contribution in [0.4, 0.5) is 13.2 Å². The number of halogens is 3. The summed E-state index contributed by atoms with van der Waals surface area (Å²) in [4.78, 5) is 0. The summed E-state index contributed by atoms with van der Waals surface area (Å²) in [7, 11) is 0. The monoisotopic (exact) mass is 274 g/mol. The molecule has 0 atom stereocenters. The third kappa shape index (κ3) is 7.89. The molecule has 0 heterocycles. The molecule has 0 aliphatic heterocycles. The Kier molecular flexibility index (Phi) is 8.24. The van der Waals surface area contributed by atoms with Gasteiger partial charge in [-0.2, -0.15) is 24.9 Å². The summed E-state index contributed by atoms with van der Waals surface area (Å²) in [5.41, 5.74) is 0. The van der Waals surface area contributed by atoms with Gasteiger partial charge in [0.1, 0.15) is 0 Å². The minimum Gasteiger partial charge on any atom is -0.358 e. The third-order valence-corrected chi connectivity index (χ3v) is 3.58. The highest BCUT2D eigenvalue weighted by Gasteiger charge is 2.52. The molecule has 0 saturated carbocycles. The molecule has 0 aromatic carbocycles. The number of alkyl halides is 3. The first-order chi connectivity index (χ1) is 7.81. The third-order valence-electron chi connectivity index (χ3n) is 2.40. The van der Waals surface area contributed by atoms with Gasteiger partial charge in [-0.05, 0) is 12.2 Å². The SMILES string of the molecule is CCCCCCCCSCC(O)(O)C(F)(F)F. The lowest BCUT2D eigenvalue weighted by atomic mass is 10.1. The molecule has 0 radical (unpaired) electrons. The van der Waals surface area contributed by atoms with E-state index < -0.39 is 17.7 Å². The molecule has 0 fully saturated rings. The second-order valence-electron chi connectivity index (χ2n) is 4.13. The van der Waals surface area contributed by atoms with E-state index in [0.717, 1.165) is 43.9 Å². The van der Waals surface area contributed by atoms with E-state index in [0.29, 0.717) is 5.75 Å². The molecule has 0 aliphatic rings. The Morgan fingerprint density at radius 1 is 0.941 bits per heavy atom. The van der Waals surface area contributed by atoms with Gasteiger partial charge in [0.05, 0.1) is 5.75 Å². The highest BCUT2D eigenvalue weighted by Crippen LogP contribution is 2.31. The summed E-state index contributed by atoms with van der Waals surface area (Å²) < 4.78 is 36.1. The van der Waals surface area contributed by atoms with Gasteiger partial charge >= 0.3 is 6.18 Å². The molecule has 0 unspecified atom stereocenters. The molecular weight excluding hydrogens is 253 g/mol. The fourth-order valence-corrected chi connectivity index (χ4v) is 2.28. The second-order valence-corrected chi connectivity index (χ2v) is 5.24. The average molecular weight is 274 g/mol. The fourth-order valence-electron chi connectivity index (χ4n) is 1.28. The first kappa shape index (κ1) is 17.1. The van der Waals surface area contributed by atoms with E-state index in [9.17, 15) is 13.2 Å². The van der Waals surface area contributed by atoms with Crippen LogP contribution in [0.5, 0.6) is 0 Å². The first-order valence-corrected chi connectivity index (χ1v) is 7.06. The molecule has 0 aromatic rings. The number of hydrogen-bond acceptors (Lipinski definition) is 3. The first-order valence-electron chi connectivity index (χ1n) is 5.90. The Hall–Kier alpha value is 0.0600. The summed E-state index contributed by atoms with van der Waals surface area (Å²) in [5, 5.41) is 17.5. The fraction of sp³-hybridized carbons (Fsp3) is 1.00. The standard InChI is InChI=1S/C11H21F3O2S/c1-2-3-4-5-6-7-8-17-9-10(15,16)11(12,13)14/h15-16H,2-9H2,1H3. The highest BCUT2D eigenvalue weighted by molar-refractivity contribution is 7.99. The van der Waals surface area contributed by atoms with E-state index in [-0.39, 0.29) is 0 Å². The number of aliphatic hydroxyl groups is 2. The van der Waals surface area contributed by atoms with Gasteiger partial charge in [0.15, 0.2) is 0 Å². The van der Waals surface area contributed by atoms with Crippen molar-refractivity contribution in [3.8, 4) is 0 Å². The average Bonchev–Trinajstić information content (AvgIpc) is 2.20. The second kappa shape index (κ2) is 8.21. The Morgan fingerprint density at radius 3 is 2.00 bits per heavy atom. The minimum absolute atomic E-state index is 0.533. The highest BCUT2D eigenvalue weighted by atomic mass is 32.2. The summed E-state index contributed by atoms with van der Waals surface area (Å²) in [6.07, 6.45) is 1.45. The molecule has 2 N–H and O–H groups in total. The Balaban J connectivity index is 3.46. The minimum atomic E-state index is -4.97. The van der Waals surface area contributed by atoms with Crippen molar-refractivity contribution in [3.05, 3.63) is 0 Å². The predicted octanol–water partition coefficient (Wildman–Crippen LogP) is 3.32. The predicted molar refractivity (Wildman–Crippen MR) is 63.9 cm³/mol. The van der Waals surface area contributed by atoms with Gasteiger partial charge in [0, 0.05) is 0 Å². The maximum Gasteiger partial charge on any atom is 0.443 e. The van der Waals surface area contributed by atoms with Crippen LogP contribution in [0.3, 0.4) is 0 Å². The number of unbranched alkanes of at least 4 members (excludes halogenated alkanes) is 5. The molecule has 0 saturated heterocycles. The van der Waals surface area contributed by atoms with Crippen molar-refractivity contribution >= 4 is 11.8 Å². The van der Waals surface area contributed by atoms with E-state index in [1.54, 1.807) is 0 Å². The summed E-state index contributed by atoms with van der Waals surface area (Å²) in [6, 6.07) is 0. The summed E-state index contributed by atoms with van der Waals surface area (Å²) >= 11 is 0.931. The number of thioether (sulfide) groups is 1. The molecule has 0 amide bonds. The molecule has 2 nitrogen and oxygen atoms in total. The molecule has 0 aromatic heterocycles. The van der Waals surface area contributed by atoms with Crippen molar-refractivity contribution in [2.24, 2.45) is 0 Å². The van der Waals surface area contributed by atoms with Crippen LogP contribution in [0.25, 0.3) is 0 Å². The van der Waals surface area contributed by atoms with Crippen LogP contribution in [-0.2, 0) is 0 Å². The van der Waals surface area contributed by atoms with Crippen LogP contribution in [0, 0.1) is 0 Å². The molecule has 6 heteroatoms. The quantitative estimate of drug-likeness (QED) is 0.500. The number of rotatable bonds is 9. The zero-order chi connectivity index (χ0) is 13.4. The maximum absolute atomic E-state index is 12.0. The topological polar surface area (TPSA) is 40.5 Å². The van der Waals surface area contributed by atoms with Crippen molar-refractivity contribution in [3.63, 3.8) is 0 Å². The van der Waals surface area contributed by atoms with E-state index in [2.05, 4.69) is 6.92 Å².